The minimum absolute atomic E-state index is 0.0585. The van der Waals surface area contributed by atoms with Crippen LogP contribution in [-0.4, -0.2) is 17.4 Å². The normalized spacial score (nSPS) is 20.3. The van der Waals surface area contributed by atoms with E-state index in [1.54, 1.807) is 0 Å². The van der Waals surface area contributed by atoms with Crippen molar-refractivity contribution in [1.82, 2.24) is 0 Å². The Hall–Kier alpha value is -0.860. The monoisotopic (exact) mass is 382 g/mol. The van der Waals surface area contributed by atoms with Gasteiger partial charge in [0.1, 0.15) is 6.29 Å². The third-order valence-corrected chi connectivity index (χ3v) is 8.66. The Balaban J connectivity index is 6.42. The predicted molar refractivity (Wildman–Crippen MR) is 115 cm³/mol. The Morgan fingerprint density at radius 2 is 1.26 bits per heavy atom. The molecule has 0 aliphatic heterocycles. The first-order valence-corrected chi connectivity index (χ1v) is 10.5. The van der Waals surface area contributed by atoms with Crippen molar-refractivity contribution in [2.75, 3.05) is 0 Å². The molecule has 3 atom stereocenters. The van der Waals surface area contributed by atoms with Gasteiger partial charge in [-0.3, -0.25) is 4.79 Å². The Bertz CT molecular complexity index is 540. The number of hydrogen-bond donors (Lipinski definition) is 1. The third kappa shape index (κ3) is 4.77. The first kappa shape index (κ1) is 26.1. The molecule has 27 heavy (non-hydrogen) atoms. The minimum Gasteiger partial charge on any atom is -0.481 e. The minimum atomic E-state index is -0.890. The van der Waals surface area contributed by atoms with Gasteiger partial charge in [0.05, 0.1) is 5.41 Å². The van der Waals surface area contributed by atoms with E-state index in [-0.39, 0.29) is 16.2 Å². The van der Waals surface area contributed by atoms with Crippen molar-refractivity contribution in [3.63, 3.8) is 0 Å². The molecule has 0 rings (SSSR count). The standard InChI is InChI=1S/C24H46O3/c1-13-20(6,7)15-24(12,18(26)27)21(8,9)22(10,14-2)16-23(11,17-25)19(3,4)5/h17H,13-16H2,1-12H3,(H,26,27). The number of carbonyl (C=O) groups is 2. The van der Waals surface area contributed by atoms with Crippen LogP contribution in [0, 0.1) is 32.5 Å². The van der Waals surface area contributed by atoms with Gasteiger partial charge in [-0.25, -0.2) is 0 Å². The summed E-state index contributed by atoms with van der Waals surface area (Å²) in [6.07, 6.45) is 4.14. The molecule has 0 aromatic heterocycles. The second-order valence-corrected chi connectivity index (χ2v) is 11.8. The summed E-state index contributed by atoms with van der Waals surface area (Å²) in [5.74, 6) is -0.739. The molecule has 0 aliphatic rings. The largest absolute Gasteiger partial charge is 0.481 e. The summed E-state index contributed by atoms with van der Waals surface area (Å²) in [5.41, 5.74) is -2.45. The summed E-state index contributed by atoms with van der Waals surface area (Å²) >= 11 is 0. The first-order valence-electron chi connectivity index (χ1n) is 10.5. The van der Waals surface area contributed by atoms with Gasteiger partial charge >= 0.3 is 5.97 Å². The maximum absolute atomic E-state index is 12.6. The lowest BCUT2D eigenvalue weighted by atomic mass is 9.46. The van der Waals surface area contributed by atoms with Crippen LogP contribution in [0.25, 0.3) is 0 Å². The lowest BCUT2D eigenvalue weighted by molar-refractivity contribution is -0.172. The smallest absolute Gasteiger partial charge is 0.309 e. The van der Waals surface area contributed by atoms with Crippen LogP contribution in [0.3, 0.4) is 0 Å². The number of aldehydes is 1. The molecule has 0 saturated carbocycles. The Labute approximate surface area is 168 Å². The highest BCUT2D eigenvalue weighted by atomic mass is 16.4. The summed E-state index contributed by atoms with van der Waals surface area (Å²) in [4.78, 5) is 24.7. The molecule has 0 heterocycles. The van der Waals surface area contributed by atoms with E-state index in [1.807, 2.05) is 13.8 Å². The lowest BCUT2D eigenvalue weighted by Gasteiger charge is -2.57. The summed E-state index contributed by atoms with van der Waals surface area (Å²) in [6.45, 7) is 25.2. The van der Waals surface area contributed by atoms with Crippen LogP contribution in [0.15, 0.2) is 0 Å². The van der Waals surface area contributed by atoms with E-state index in [0.29, 0.717) is 12.8 Å². The van der Waals surface area contributed by atoms with Gasteiger partial charge in [0.25, 0.3) is 0 Å². The summed E-state index contributed by atoms with van der Waals surface area (Å²) in [7, 11) is 0. The zero-order valence-corrected chi connectivity index (χ0v) is 20.2. The van der Waals surface area contributed by atoms with Crippen molar-refractivity contribution in [2.45, 2.75) is 109 Å². The molecular weight excluding hydrogens is 336 g/mol. The van der Waals surface area contributed by atoms with Crippen LogP contribution in [0.5, 0.6) is 0 Å². The van der Waals surface area contributed by atoms with E-state index in [0.717, 1.165) is 19.1 Å². The van der Waals surface area contributed by atoms with Gasteiger partial charge in [0, 0.05) is 5.41 Å². The molecular formula is C24H46O3. The van der Waals surface area contributed by atoms with Crippen LogP contribution in [0.4, 0.5) is 0 Å². The van der Waals surface area contributed by atoms with Crippen molar-refractivity contribution in [3.05, 3.63) is 0 Å². The topological polar surface area (TPSA) is 54.4 Å². The molecule has 0 bridgehead atoms. The fourth-order valence-electron chi connectivity index (χ4n) is 4.39. The molecule has 160 valence electrons. The fraction of sp³-hybridized carbons (Fsp3) is 0.917. The zero-order valence-electron chi connectivity index (χ0n) is 20.2. The Morgan fingerprint density at radius 3 is 1.52 bits per heavy atom. The van der Waals surface area contributed by atoms with Crippen LogP contribution >= 0.6 is 0 Å². The molecule has 0 saturated heterocycles. The third-order valence-electron chi connectivity index (χ3n) is 8.66. The predicted octanol–water partition coefficient (Wildman–Crippen LogP) is 6.99. The van der Waals surface area contributed by atoms with E-state index < -0.39 is 22.2 Å². The number of carboxylic acids is 1. The van der Waals surface area contributed by atoms with Crippen LogP contribution in [0.1, 0.15) is 109 Å². The summed E-state index contributed by atoms with van der Waals surface area (Å²) in [6, 6.07) is 0. The molecule has 0 aromatic rings. The van der Waals surface area contributed by atoms with Gasteiger partial charge in [-0.15, -0.1) is 0 Å². The van der Waals surface area contributed by atoms with Crippen molar-refractivity contribution >= 4 is 12.3 Å². The van der Waals surface area contributed by atoms with Crippen LogP contribution in [0.2, 0.25) is 0 Å². The molecule has 0 aliphatic carbocycles. The second-order valence-electron chi connectivity index (χ2n) is 11.8. The second kappa shape index (κ2) is 7.87. The molecule has 1 N–H and O–H groups in total. The number of hydrogen-bond acceptors (Lipinski definition) is 2. The maximum atomic E-state index is 12.6. The Kier molecular flexibility index (Phi) is 7.62. The average Bonchev–Trinajstić information content (AvgIpc) is 2.52. The highest BCUT2D eigenvalue weighted by Gasteiger charge is 2.59. The molecule has 0 amide bonds. The van der Waals surface area contributed by atoms with E-state index in [4.69, 9.17) is 0 Å². The number of carboxylic acid groups (broad SMARTS) is 1. The van der Waals surface area contributed by atoms with Gasteiger partial charge < -0.3 is 9.90 Å². The summed E-state index contributed by atoms with van der Waals surface area (Å²) < 4.78 is 0. The van der Waals surface area contributed by atoms with E-state index in [1.165, 1.54) is 0 Å². The van der Waals surface area contributed by atoms with Gasteiger partial charge in [-0.1, -0.05) is 89.0 Å². The highest BCUT2D eigenvalue weighted by molar-refractivity contribution is 5.75. The van der Waals surface area contributed by atoms with Gasteiger partial charge in [0.2, 0.25) is 0 Å². The van der Waals surface area contributed by atoms with E-state index >= 15 is 0 Å². The van der Waals surface area contributed by atoms with Gasteiger partial charge in [-0.05, 0) is 41.4 Å². The molecule has 3 heteroatoms. The SMILES string of the molecule is CCC(C)(C)CC(C)(C(=O)O)C(C)(C)C(C)(CC)CC(C)(C=O)C(C)(C)C. The molecule has 0 aromatic carbocycles. The van der Waals surface area contributed by atoms with Crippen LogP contribution < -0.4 is 0 Å². The molecule has 0 fully saturated rings. The quantitative estimate of drug-likeness (QED) is 0.414. The molecule has 3 unspecified atom stereocenters. The molecule has 0 spiro atoms. The van der Waals surface area contributed by atoms with Crippen LogP contribution in [-0.2, 0) is 9.59 Å². The first-order chi connectivity index (χ1) is 11.8. The maximum Gasteiger partial charge on any atom is 0.309 e. The zero-order chi connectivity index (χ0) is 22.1. The fourth-order valence-corrected chi connectivity index (χ4v) is 4.39. The van der Waals surface area contributed by atoms with Crippen molar-refractivity contribution < 1.29 is 14.7 Å². The van der Waals surface area contributed by atoms with Crippen molar-refractivity contribution in [1.29, 1.82) is 0 Å². The number of rotatable bonds is 10. The molecule has 0 radical (unpaired) electrons. The number of aliphatic carboxylic acids is 1. The van der Waals surface area contributed by atoms with Gasteiger partial charge in [0.15, 0.2) is 0 Å². The van der Waals surface area contributed by atoms with Crippen molar-refractivity contribution in [2.24, 2.45) is 32.5 Å². The Morgan fingerprint density at radius 1 is 0.815 bits per heavy atom. The highest BCUT2D eigenvalue weighted by Crippen LogP contribution is 2.62. The molecule has 3 nitrogen and oxygen atoms in total. The van der Waals surface area contributed by atoms with Gasteiger partial charge in [-0.2, -0.15) is 0 Å². The van der Waals surface area contributed by atoms with Crippen molar-refractivity contribution in [3.8, 4) is 0 Å². The number of carbonyl (C=O) groups excluding carboxylic acids is 1. The average molecular weight is 383 g/mol. The van der Waals surface area contributed by atoms with E-state index in [2.05, 4.69) is 69.2 Å². The lowest BCUT2D eigenvalue weighted by Crippen LogP contribution is -2.55. The summed E-state index contributed by atoms with van der Waals surface area (Å²) in [5, 5.41) is 10.3. The van der Waals surface area contributed by atoms with E-state index in [9.17, 15) is 14.7 Å².